The van der Waals surface area contributed by atoms with E-state index >= 15 is 0 Å². The fourth-order valence-corrected chi connectivity index (χ4v) is 3.30. The number of nitrogens with zero attached hydrogens (tertiary/aromatic N) is 3. The number of aliphatic imine (C=N–C) groups is 1. The Hall–Kier alpha value is -2.70. The van der Waals surface area contributed by atoms with Crippen LogP contribution < -0.4 is 20.1 Å². The van der Waals surface area contributed by atoms with E-state index in [2.05, 4.69) is 32.9 Å². The third-order valence-corrected chi connectivity index (χ3v) is 5.07. The van der Waals surface area contributed by atoms with Gasteiger partial charge in [0.25, 0.3) is 0 Å². The molecule has 2 aromatic rings. The maximum atomic E-state index is 5.52. The lowest BCUT2D eigenvalue weighted by molar-refractivity contribution is 0.174. The largest absolute Gasteiger partial charge is 0.454 e. The van der Waals surface area contributed by atoms with Crippen LogP contribution in [0.1, 0.15) is 24.8 Å². The van der Waals surface area contributed by atoms with E-state index in [-0.39, 0.29) is 5.41 Å². The lowest BCUT2D eigenvalue weighted by Gasteiger charge is -2.19. The van der Waals surface area contributed by atoms with Crippen molar-refractivity contribution in [3.05, 3.63) is 42.2 Å². The highest BCUT2D eigenvalue weighted by molar-refractivity contribution is 5.79. The van der Waals surface area contributed by atoms with Crippen LogP contribution in [0.2, 0.25) is 0 Å². The van der Waals surface area contributed by atoms with Crippen molar-refractivity contribution in [2.75, 3.05) is 26.9 Å². The average Bonchev–Trinajstić information content (AvgIpc) is 3.08. The third kappa shape index (κ3) is 3.61. The van der Waals surface area contributed by atoms with Gasteiger partial charge in [-0.15, -0.1) is 0 Å². The normalized spacial score (nSPS) is 17.2. The first-order valence-corrected chi connectivity index (χ1v) is 9.11. The number of fused-ring (bicyclic) bond motifs is 1. The van der Waals surface area contributed by atoms with Gasteiger partial charge >= 0.3 is 0 Å². The summed E-state index contributed by atoms with van der Waals surface area (Å²) in [6.45, 7) is 2.94. The number of benzene rings is 1. The second-order valence-electron chi connectivity index (χ2n) is 6.82. The Morgan fingerprint density at radius 1 is 1.27 bits per heavy atom. The molecule has 2 heterocycles. The summed E-state index contributed by atoms with van der Waals surface area (Å²) in [5.74, 6) is 2.54. The number of ether oxygens (including phenoxy) is 2. The smallest absolute Gasteiger partial charge is 0.231 e. The molecule has 1 fully saturated rings. The number of aromatic nitrogens is 2. The van der Waals surface area contributed by atoms with Gasteiger partial charge in [0.1, 0.15) is 0 Å². The van der Waals surface area contributed by atoms with E-state index < -0.39 is 0 Å². The van der Waals surface area contributed by atoms with Crippen molar-refractivity contribution < 1.29 is 9.47 Å². The molecule has 1 saturated carbocycles. The number of rotatable bonds is 7. The van der Waals surface area contributed by atoms with Gasteiger partial charge in [-0.2, -0.15) is 5.10 Å². The number of nitrogens with one attached hydrogen (secondary N) is 2. The van der Waals surface area contributed by atoms with Gasteiger partial charge in [-0.3, -0.25) is 9.67 Å². The Kier molecular flexibility index (Phi) is 4.69. The van der Waals surface area contributed by atoms with Gasteiger partial charge in [-0.05, 0) is 43.0 Å². The third-order valence-electron chi connectivity index (χ3n) is 5.07. The minimum Gasteiger partial charge on any atom is -0.454 e. The first-order valence-electron chi connectivity index (χ1n) is 9.11. The quantitative estimate of drug-likeness (QED) is 0.451. The highest BCUT2D eigenvalue weighted by Gasteiger charge is 2.44. The van der Waals surface area contributed by atoms with Gasteiger partial charge in [-0.1, -0.05) is 6.07 Å². The van der Waals surface area contributed by atoms with Crippen molar-refractivity contribution in [2.45, 2.75) is 31.2 Å². The van der Waals surface area contributed by atoms with Crippen LogP contribution in [0.15, 0.2) is 41.7 Å². The molecule has 0 radical (unpaired) electrons. The Balaban J connectivity index is 1.27. The zero-order chi connectivity index (χ0) is 17.8. The van der Waals surface area contributed by atoms with E-state index in [1.165, 1.54) is 18.4 Å². The first kappa shape index (κ1) is 16.8. The maximum Gasteiger partial charge on any atom is 0.231 e. The summed E-state index contributed by atoms with van der Waals surface area (Å²) in [4.78, 5) is 4.33. The molecular formula is C19H25N5O2. The fraction of sp³-hybridized carbons (Fsp3) is 0.474. The molecule has 0 saturated heterocycles. The predicted octanol–water partition coefficient (Wildman–Crippen LogP) is 1.90. The molecule has 1 aliphatic carbocycles. The van der Waals surface area contributed by atoms with Crippen LogP contribution in [-0.4, -0.2) is 42.7 Å². The molecule has 0 amide bonds. The van der Waals surface area contributed by atoms with E-state index in [1.54, 1.807) is 6.20 Å². The molecule has 2 aliphatic rings. The van der Waals surface area contributed by atoms with Crippen LogP contribution in [0.3, 0.4) is 0 Å². The van der Waals surface area contributed by atoms with Crippen LogP contribution in [0.5, 0.6) is 11.5 Å². The Morgan fingerprint density at radius 2 is 2.15 bits per heavy atom. The SMILES string of the molecule is CN=C(NCCCn1cccn1)NCC1(c2ccc3c(c2)OCO3)CC1. The van der Waals surface area contributed by atoms with Crippen LogP contribution in [-0.2, 0) is 12.0 Å². The standard InChI is InChI=1S/C19H25N5O2/c1-20-18(21-8-2-10-24-11-3-9-23-24)22-13-19(6-7-19)15-4-5-16-17(12-15)26-14-25-16/h3-5,9,11-12H,2,6-8,10,13-14H2,1H3,(H2,20,21,22). The molecule has 138 valence electrons. The molecule has 4 rings (SSSR count). The summed E-state index contributed by atoms with van der Waals surface area (Å²) in [5, 5.41) is 11.1. The van der Waals surface area contributed by atoms with Crippen LogP contribution in [0, 0.1) is 0 Å². The fourth-order valence-electron chi connectivity index (χ4n) is 3.30. The van der Waals surface area contributed by atoms with E-state index in [9.17, 15) is 0 Å². The van der Waals surface area contributed by atoms with Gasteiger partial charge in [0.2, 0.25) is 6.79 Å². The molecule has 7 nitrogen and oxygen atoms in total. The van der Waals surface area contributed by atoms with E-state index in [4.69, 9.17) is 9.47 Å². The Labute approximate surface area is 153 Å². The number of aryl methyl sites for hydroxylation is 1. The molecule has 0 spiro atoms. The zero-order valence-electron chi connectivity index (χ0n) is 15.1. The van der Waals surface area contributed by atoms with Crippen molar-refractivity contribution in [1.82, 2.24) is 20.4 Å². The summed E-state index contributed by atoms with van der Waals surface area (Å²) in [7, 11) is 1.81. The summed E-state index contributed by atoms with van der Waals surface area (Å²) < 4.78 is 12.9. The van der Waals surface area contributed by atoms with Crippen molar-refractivity contribution in [3.8, 4) is 11.5 Å². The minimum absolute atomic E-state index is 0.174. The van der Waals surface area contributed by atoms with Gasteiger partial charge in [0.05, 0.1) is 0 Å². The van der Waals surface area contributed by atoms with Crippen LogP contribution in [0.4, 0.5) is 0 Å². The molecule has 0 bridgehead atoms. The van der Waals surface area contributed by atoms with Crippen molar-refractivity contribution >= 4 is 5.96 Å². The summed E-state index contributed by atoms with van der Waals surface area (Å²) in [5.41, 5.74) is 1.48. The van der Waals surface area contributed by atoms with Crippen LogP contribution in [0.25, 0.3) is 0 Å². The van der Waals surface area contributed by atoms with Crippen molar-refractivity contribution in [1.29, 1.82) is 0 Å². The summed E-state index contributed by atoms with van der Waals surface area (Å²) in [6.07, 6.45) is 7.13. The number of hydrogen-bond acceptors (Lipinski definition) is 4. The maximum absolute atomic E-state index is 5.52. The highest BCUT2D eigenvalue weighted by Crippen LogP contribution is 2.49. The molecule has 1 aromatic carbocycles. The Morgan fingerprint density at radius 3 is 2.92 bits per heavy atom. The minimum atomic E-state index is 0.174. The lowest BCUT2D eigenvalue weighted by atomic mass is 9.95. The van der Waals surface area contributed by atoms with E-state index in [0.29, 0.717) is 6.79 Å². The first-order chi connectivity index (χ1) is 12.8. The van der Waals surface area contributed by atoms with E-state index in [1.807, 2.05) is 30.1 Å². The summed E-state index contributed by atoms with van der Waals surface area (Å²) in [6, 6.07) is 8.24. The molecule has 0 unspecified atom stereocenters. The second-order valence-corrected chi connectivity index (χ2v) is 6.82. The predicted molar refractivity (Wildman–Crippen MR) is 99.7 cm³/mol. The molecule has 0 atom stereocenters. The highest BCUT2D eigenvalue weighted by atomic mass is 16.7. The molecule has 1 aromatic heterocycles. The van der Waals surface area contributed by atoms with Gasteiger partial charge < -0.3 is 20.1 Å². The molecule has 7 heteroatoms. The zero-order valence-corrected chi connectivity index (χ0v) is 15.1. The molecule has 1 aliphatic heterocycles. The molecule has 2 N–H and O–H groups in total. The molecule has 26 heavy (non-hydrogen) atoms. The number of guanidine groups is 1. The monoisotopic (exact) mass is 355 g/mol. The number of hydrogen-bond donors (Lipinski definition) is 2. The van der Waals surface area contributed by atoms with Gasteiger partial charge in [0, 0.05) is 44.5 Å². The van der Waals surface area contributed by atoms with Gasteiger partial charge in [-0.25, -0.2) is 0 Å². The second kappa shape index (κ2) is 7.27. The van der Waals surface area contributed by atoms with Gasteiger partial charge in [0.15, 0.2) is 17.5 Å². The van der Waals surface area contributed by atoms with E-state index in [0.717, 1.165) is 43.5 Å². The lowest BCUT2D eigenvalue weighted by Crippen LogP contribution is -2.41. The van der Waals surface area contributed by atoms with Crippen molar-refractivity contribution in [2.24, 2.45) is 4.99 Å². The van der Waals surface area contributed by atoms with Crippen LogP contribution >= 0.6 is 0 Å². The molecular weight excluding hydrogens is 330 g/mol. The summed E-state index contributed by atoms with van der Waals surface area (Å²) >= 11 is 0. The average molecular weight is 355 g/mol. The topological polar surface area (TPSA) is 72.7 Å². The van der Waals surface area contributed by atoms with Crippen molar-refractivity contribution in [3.63, 3.8) is 0 Å². The Bertz CT molecular complexity index is 768.